The Bertz CT molecular complexity index is 538. The monoisotopic (exact) mass is 248 g/mol. The van der Waals surface area contributed by atoms with E-state index in [0.29, 0.717) is 11.3 Å². The molecule has 0 aliphatic heterocycles. The molecule has 4 heteroatoms. The first-order valence-electron chi connectivity index (χ1n) is 5.59. The smallest absolute Gasteiger partial charge is 0.129 e. The molecule has 0 amide bonds. The molecule has 2 aromatic carbocycles. The molecule has 0 radical (unpaired) electrons. The van der Waals surface area contributed by atoms with Crippen molar-refractivity contribution in [2.24, 2.45) is 5.73 Å². The maximum absolute atomic E-state index is 13.6. The Morgan fingerprint density at radius 2 is 1.61 bits per heavy atom. The lowest BCUT2D eigenvalue weighted by atomic mass is 10.1. The Labute approximate surface area is 105 Å². The van der Waals surface area contributed by atoms with Gasteiger partial charge in [-0.3, -0.25) is 0 Å². The van der Waals surface area contributed by atoms with Crippen LogP contribution in [0.3, 0.4) is 0 Å². The van der Waals surface area contributed by atoms with Gasteiger partial charge in [0.2, 0.25) is 0 Å². The van der Waals surface area contributed by atoms with Crippen LogP contribution in [-0.4, -0.2) is 7.05 Å². The number of anilines is 2. The van der Waals surface area contributed by atoms with Gasteiger partial charge in [0.15, 0.2) is 0 Å². The maximum atomic E-state index is 13.6. The minimum atomic E-state index is -0.330. The van der Waals surface area contributed by atoms with E-state index in [-0.39, 0.29) is 18.2 Å². The zero-order chi connectivity index (χ0) is 13.1. The van der Waals surface area contributed by atoms with Gasteiger partial charge in [0.25, 0.3) is 0 Å². The first kappa shape index (κ1) is 12.5. The van der Waals surface area contributed by atoms with Crippen molar-refractivity contribution in [3.8, 4) is 0 Å². The number of halogens is 2. The molecule has 0 saturated carbocycles. The fraction of sp³-hybridized carbons (Fsp3) is 0.143. The lowest BCUT2D eigenvalue weighted by Crippen LogP contribution is -2.10. The average molecular weight is 248 g/mol. The van der Waals surface area contributed by atoms with E-state index in [4.69, 9.17) is 5.73 Å². The van der Waals surface area contributed by atoms with Crippen LogP contribution in [0.1, 0.15) is 5.56 Å². The van der Waals surface area contributed by atoms with Crippen molar-refractivity contribution in [3.05, 3.63) is 59.7 Å². The molecule has 94 valence electrons. The van der Waals surface area contributed by atoms with Gasteiger partial charge < -0.3 is 10.6 Å². The summed E-state index contributed by atoms with van der Waals surface area (Å²) in [5.41, 5.74) is 7.37. The van der Waals surface area contributed by atoms with E-state index in [1.54, 1.807) is 36.2 Å². The fourth-order valence-electron chi connectivity index (χ4n) is 1.72. The van der Waals surface area contributed by atoms with Gasteiger partial charge in [-0.25, -0.2) is 8.78 Å². The first-order valence-corrected chi connectivity index (χ1v) is 5.59. The predicted octanol–water partition coefficient (Wildman–Crippen LogP) is 3.19. The molecule has 18 heavy (non-hydrogen) atoms. The summed E-state index contributed by atoms with van der Waals surface area (Å²) in [6, 6.07) is 10.9. The van der Waals surface area contributed by atoms with Gasteiger partial charge in [-0.05, 0) is 36.4 Å². The summed E-state index contributed by atoms with van der Waals surface area (Å²) in [5, 5.41) is 0. The predicted molar refractivity (Wildman–Crippen MR) is 68.8 cm³/mol. The van der Waals surface area contributed by atoms with Gasteiger partial charge in [0.1, 0.15) is 11.6 Å². The third-order valence-corrected chi connectivity index (χ3v) is 2.86. The van der Waals surface area contributed by atoms with E-state index in [1.807, 2.05) is 0 Å². The first-order chi connectivity index (χ1) is 8.61. The summed E-state index contributed by atoms with van der Waals surface area (Å²) in [5.74, 6) is -0.624. The van der Waals surface area contributed by atoms with E-state index < -0.39 is 0 Å². The van der Waals surface area contributed by atoms with E-state index in [2.05, 4.69) is 0 Å². The van der Waals surface area contributed by atoms with Gasteiger partial charge in [0, 0.05) is 30.5 Å². The van der Waals surface area contributed by atoms with Crippen LogP contribution in [0.2, 0.25) is 0 Å². The molecule has 0 atom stereocenters. The van der Waals surface area contributed by atoms with Crippen LogP contribution in [0.25, 0.3) is 0 Å². The summed E-state index contributed by atoms with van der Waals surface area (Å²) in [6.45, 7) is 0.173. The molecular weight excluding hydrogens is 234 g/mol. The van der Waals surface area contributed by atoms with Crippen LogP contribution < -0.4 is 10.6 Å². The quantitative estimate of drug-likeness (QED) is 0.903. The van der Waals surface area contributed by atoms with Gasteiger partial charge in [-0.1, -0.05) is 6.07 Å². The second-order valence-corrected chi connectivity index (χ2v) is 4.02. The molecule has 0 unspecified atom stereocenters. The number of benzene rings is 2. The molecule has 0 spiro atoms. The van der Waals surface area contributed by atoms with E-state index in [0.717, 1.165) is 5.69 Å². The van der Waals surface area contributed by atoms with Crippen molar-refractivity contribution in [1.29, 1.82) is 0 Å². The van der Waals surface area contributed by atoms with Crippen molar-refractivity contribution in [3.63, 3.8) is 0 Å². The van der Waals surface area contributed by atoms with Crippen molar-refractivity contribution in [2.45, 2.75) is 6.54 Å². The maximum Gasteiger partial charge on any atom is 0.129 e. The van der Waals surface area contributed by atoms with Crippen LogP contribution >= 0.6 is 0 Å². The number of hydrogen-bond acceptors (Lipinski definition) is 2. The van der Waals surface area contributed by atoms with Crippen molar-refractivity contribution in [2.75, 3.05) is 11.9 Å². The lowest BCUT2D eigenvalue weighted by Gasteiger charge is -2.20. The Hall–Kier alpha value is -1.94. The van der Waals surface area contributed by atoms with Crippen LogP contribution in [0.5, 0.6) is 0 Å². The molecule has 2 nitrogen and oxygen atoms in total. The molecule has 2 rings (SSSR count). The van der Waals surface area contributed by atoms with Gasteiger partial charge in [0.05, 0.1) is 0 Å². The SMILES string of the molecule is CN(c1ccc(F)cc1)c1ccc(CN)c(F)c1. The second kappa shape index (κ2) is 5.14. The molecule has 0 aliphatic carbocycles. The highest BCUT2D eigenvalue weighted by atomic mass is 19.1. The third kappa shape index (κ3) is 2.49. The molecule has 0 fully saturated rings. The highest BCUT2D eigenvalue weighted by Gasteiger charge is 2.07. The molecule has 0 bridgehead atoms. The van der Waals surface area contributed by atoms with Gasteiger partial charge in [-0.15, -0.1) is 0 Å². The summed E-state index contributed by atoms with van der Waals surface area (Å²) in [7, 11) is 1.80. The number of hydrogen-bond donors (Lipinski definition) is 1. The highest BCUT2D eigenvalue weighted by Crippen LogP contribution is 2.25. The highest BCUT2D eigenvalue weighted by molar-refractivity contribution is 5.62. The summed E-state index contributed by atoms with van der Waals surface area (Å²) in [6.07, 6.45) is 0. The normalized spacial score (nSPS) is 10.4. The van der Waals surface area contributed by atoms with Crippen molar-refractivity contribution < 1.29 is 8.78 Å². The van der Waals surface area contributed by atoms with E-state index in [9.17, 15) is 8.78 Å². The Kier molecular flexibility index (Phi) is 3.58. The minimum Gasteiger partial charge on any atom is -0.345 e. The van der Waals surface area contributed by atoms with Gasteiger partial charge >= 0.3 is 0 Å². The Morgan fingerprint density at radius 3 is 2.17 bits per heavy atom. The second-order valence-electron chi connectivity index (χ2n) is 4.02. The number of nitrogens with zero attached hydrogens (tertiary/aromatic N) is 1. The molecular formula is C14H14F2N2. The van der Waals surface area contributed by atoms with Crippen LogP contribution in [0.15, 0.2) is 42.5 Å². The molecule has 0 saturated heterocycles. The zero-order valence-corrected chi connectivity index (χ0v) is 10.0. The molecule has 2 aromatic rings. The molecule has 0 heterocycles. The third-order valence-electron chi connectivity index (χ3n) is 2.86. The van der Waals surface area contributed by atoms with Crippen LogP contribution in [-0.2, 0) is 6.54 Å². The Morgan fingerprint density at radius 1 is 1.00 bits per heavy atom. The average Bonchev–Trinajstić information content (AvgIpc) is 2.38. The number of rotatable bonds is 3. The summed E-state index contributed by atoms with van der Waals surface area (Å²) in [4.78, 5) is 1.78. The standard InChI is InChI=1S/C14H14F2N2/c1-18(12-6-3-11(15)4-7-12)13-5-2-10(9-17)14(16)8-13/h2-8H,9,17H2,1H3. The summed E-state index contributed by atoms with van der Waals surface area (Å²) < 4.78 is 26.4. The Balaban J connectivity index is 2.31. The topological polar surface area (TPSA) is 29.3 Å². The van der Waals surface area contributed by atoms with Crippen LogP contribution in [0.4, 0.5) is 20.2 Å². The molecule has 0 aliphatic rings. The number of nitrogens with two attached hydrogens (primary N) is 1. The van der Waals surface area contributed by atoms with E-state index in [1.165, 1.54) is 18.2 Å². The largest absolute Gasteiger partial charge is 0.345 e. The lowest BCUT2D eigenvalue weighted by molar-refractivity contribution is 0.610. The summed E-state index contributed by atoms with van der Waals surface area (Å²) >= 11 is 0. The van der Waals surface area contributed by atoms with Crippen molar-refractivity contribution >= 4 is 11.4 Å². The molecule has 0 aromatic heterocycles. The van der Waals surface area contributed by atoms with E-state index >= 15 is 0 Å². The van der Waals surface area contributed by atoms with Crippen LogP contribution in [0, 0.1) is 11.6 Å². The molecule has 2 N–H and O–H groups in total. The zero-order valence-electron chi connectivity index (χ0n) is 10.0. The fourth-order valence-corrected chi connectivity index (χ4v) is 1.72. The van der Waals surface area contributed by atoms with Gasteiger partial charge in [-0.2, -0.15) is 0 Å². The minimum absolute atomic E-state index is 0.173. The van der Waals surface area contributed by atoms with Crippen molar-refractivity contribution in [1.82, 2.24) is 0 Å².